The minimum absolute atomic E-state index is 0.0368. The number of benzene rings is 1. The first-order chi connectivity index (χ1) is 14.1. The van der Waals surface area contributed by atoms with Gasteiger partial charge in [0, 0.05) is 25.2 Å². The van der Waals surface area contributed by atoms with Gasteiger partial charge in [-0.25, -0.2) is 4.98 Å². The number of anilines is 2. The lowest BCUT2D eigenvalue weighted by Crippen LogP contribution is -2.35. The van der Waals surface area contributed by atoms with Crippen LogP contribution in [0, 0.1) is 5.92 Å². The molecule has 1 aliphatic heterocycles. The third-order valence-corrected chi connectivity index (χ3v) is 5.26. The molecule has 0 aliphatic carbocycles. The molecule has 0 spiro atoms. The first kappa shape index (κ1) is 21.7. The van der Waals surface area contributed by atoms with E-state index in [2.05, 4.69) is 17.2 Å². The van der Waals surface area contributed by atoms with Crippen LogP contribution >= 0.6 is 0 Å². The van der Waals surface area contributed by atoms with Crippen LogP contribution in [0.1, 0.15) is 36.6 Å². The van der Waals surface area contributed by atoms with Gasteiger partial charge in [0.1, 0.15) is 17.3 Å². The van der Waals surface area contributed by atoms with Gasteiger partial charge in [-0.2, -0.15) is 13.2 Å². The quantitative estimate of drug-likeness (QED) is 0.507. The normalized spacial score (nSPS) is 15.3. The molecule has 2 heterocycles. The SMILES string of the molecule is CC1CCN(c2nc(C(F)(F)F)ccc2CNC(=O)Cc2ccc(O)c(N)c2)CC1. The van der Waals surface area contributed by atoms with E-state index >= 15 is 0 Å². The molecule has 0 unspecified atom stereocenters. The molecule has 1 aromatic heterocycles. The van der Waals surface area contributed by atoms with Crippen molar-refractivity contribution in [1.29, 1.82) is 0 Å². The topological polar surface area (TPSA) is 91.5 Å². The summed E-state index contributed by atoms with van der Waals surface area (Å²) in [6, 6.07) is 6.83. The van der Waals surface area contributed by atoms with Gasteiger partial charge in [-0.1, -0.05) is 19.1 Å². The van der Waals surface area contributed by atoms with E-state index in [1.54, 1.807) is 6.07 Å². The van der Waals surface area contributed by atoms with Crippen molar-refractivity contribution in [2.45, 2.75) is 38.9 Å². The van der Waals surface area contributed by atoms with Crippen molar-refractivity contribution in [2.75, 3.05) is 23.7 Å². The lowest BCUT2D eigenvalue weighted by Gasteiger charge is -2.33. The van der Waals surface area contributed by atoms with Gasteiger partial charge in [0.05, 0.1) is 12.1 Å². The van der Waals surface area contributed by atoms with Crippen LogP contribution in [0.3, 0.4) is 0 Å². The molecule has 3 rings (SSSR count). The molecule has 0 saturated carbocycles. The second-order valence-electron chi connectivity index (χ2n) is 7.69. The zero-order valence-electron chi connectivity index (χ0n) is 16.7. The Labute approximate surface area is 172 Å². The molecular weight excluding hydrogens is 397 g/mol. The number of hydrogen-bond donors (Lipinski definition) is 3. The first-order valence-electron chi connectivity index (χ1n) is 9.79. The number of rotatable bonds is 5. The average Bonchev–Trinajstić information content (AvgIpc) is 2.69. The van der Waals surface area contributed by atoms with Gasteiger partial charge in [-0.15, -0.1) is 0 Å². The maximum Gasteiger partial charge on any atom is 0.433 e. The Morgan fingerprint density at radius 3 is 2.60 bits per heavy atom. The molecule has 1 saturated heterocycles. The predicted molar refractivity (Wildman–Crippen MR) is 108 cm³/mol. The van der Waals surface area contributed by atoms with Crippen molar-refractivity contribution < 1.29 is 23.1 Å². The van der Waals surface area contributed by atoms with Crippen LogP contribution in [0.25, 0.3) is 0 Å². The van der Waals surface area contributed by atoms with E-state index in [0.29, 0.717) is 30.1 Å². The van der Waals surface area contributed by atoms with Gasteiger partial charge >= 0.3 is 6.18 Å². The molecule has 1 fully saturated rings. The Balaban J connectivity index is 1.73. The Morgan fingerprint density at radius 2 is 1.97 bits per heavy atom. The highest BCUT2D eigenvalue weighted by molar-refractivity contribution is 5.79. The smallest absolute Gasteiger partial charge is 0.433 e. The van der Waals surface area contributed by atoms with Gasteiger partial charge in [0.25, 0.3) is 0 Å². The molecule has 4 N–H and O–H groups in total. The standard InChI is InChI=1S/C21H25F3N4O2/c1-13-6-8-28(9-7-13)20-15(3-5-18(27-20)21(22,23)24)12-26-19(30)11-14-2-4-17(29)16(25)10-14/h2-5,10,13,29H,6-9,11-12,25H2,1H3,(H,26,30). The third-order valence-electron chi connectivity index (χ3n) is 5.26. The van der Waals surface area contributed by atoms with Gasteiger partial charge in [-0.05, 0) is 42.5 Å². The summed E-state index contributed by atoms with van der Waals surface area (Å²) < 4.78 is 39.5. The number of pyridine rings is 1. The Bertz CT molecular complexity index is 910. The molecule has 1 aromatic carbocycles. The number of hydrogen-bond acceptors (Lipinski definition) is 5. The van der Waals surface area contributed by atoms with E-state index in [4.69, 9.17) is 5.73 Å². The van der Waals surface area contributed by atoms with Crippen molar-refractivity contribution in [3.63, 3.8) is 0 Å². The lowest BCUT2D eigenvalue weighted by molar-refractivity contribution is -0.141. The van der Waals surface area contributed by atoms with Crippen molar-refractivity contribution in [2.24, 2.45) is 5.92 Å². The van der Waals surface area contributed by atoms with Crippen LogP contribution in [-0.4, -0.2) is 29.1 Å². The number of piperidine rings is 1. The molecule has 1 amide bonds. The number of carbonyl (C=O) groups is 1. The number of alkyl halides is 3. The summed E-state index contributed by atoms with van der Waals surface area (Å²) in [6.07, 6.45) is -2.73. The second-order valence-corrected chi connectivity index (χ2v) is 7.69. The highest BCUT2D eigenvalue weighted by atomic mass is 19.4. The first-order valence-corrected chi connectivity index (χ1v) is 9.79. The summed E-state index contributed by atoms with van der Waals surface area (Å²) in [5, 5.41) is 12.2. The monoisotopic (exact) mass is 422 g/mol. The van der Waals surface area contributed by atoms with Crippen molar-refractivity contribution >= 4 is 17.4 Å². The van der Waals surface area contributed by atoms with Crippen LogP contribution in [0.5, 0.6) is 5.75 Å². The molecule has 162 valence electrons. The number of nitrogens with zero attached hydrogens (tertiary/aromatic N) is 2. The van der Waals surface area contributed by atoms with E-state index in [1.165, 1.54) is 18.2 Å². The van der Waals surface area contributed by atoms with Gasteiger partial charge < -0.3 is 21.1 Å². The zero-order chi connectivity index (χ0) is 21.9. The lowest BCUT2D eigenvalue weighted by atomic mass is 9.99. The number of nitrogen functional groups attached to an aromatic ring is 1. The number of halogens is 3. The highest BCUT2D eigenvalue weighted by Crippen LogP contribution is 2.32. The molecule has 0 bridgehead atoms. The Hall–Kier alpha value is -2.97. The zero-order valence-corrected chi connectivity index (χ0v) is 16.7. The fourth-order valence-electron chi connectivity index (χ4n) is 3.42. The minimum Gasteiger partial charge on any atom is -0.506 e. The molecule has 6 nitrogen and oxygen atoms in total. The fraction of sp³-hybridized carbons (Fsp3) is 0.429. The summed E-state index contributed by atoms with van der Waals surface area (Å²) in [4.78, 5) is 18.1. The van der Waals surface area contributed by atoms with Crippen LogP contribution in [-0.2, 0) is 23.9 Å². The number of amides is 1. The fourth-order valence-corrected chi connectivity index (χ4v) is 3.42. The van der Waals surface area contributed by atoms with E-state index in [-0.39, 0.29) is 36.1 Å². The molecule has 0 atom stereocenters. The van der Waals surface area contributed by atoms with E-state index < -0.39 is 11.9 Å². The molecule has 0 radical (unpaired) electrons. The number of carbonyl (C=O) groups excluding carboxylic acids is 1. The Kier molecular flexibility index (Phi) is 6.38. The number of aromatic hydroxyl groups is 1. The number of phenolic OH excluding ortho intramolecular Hbond substituents is 1. The molecular formula is C21H25F3N4O2. The van der Waals surface area contributed by atoms with E-state index in [9.17, 15) is 23.1 Å². The van der Waals surface area contributed by atoms with Crippen molar-refractivity contribution in [1.82, 2.24) is 10.3 Å². The summed E-state index contributed by atoms with van der Waals surface area (Å²) in [5.41, 5.74) is 6.03. The molecule has 30 heavy (non-hydrogen) atoms. The minimum atomic E-state index is -4.53. The number of nitrogens with one attached hydrogen (secondary N) is 1. The average molecular weight is 422 g/mol. The van der Waals surface area contributed by atoms with E-state index in [1.807, 2.05) is 4.90 Å². The third kappa shape index (κ3) is 5.34. The number of nitrogens with two attached hydrogens (primary N) is 1. The van der Waals surface area contributed by atoms with Crippen LogP contribution in [0.15, 0.2) is 30.3 Å². The van der Waals surface area contributed by atoms with E-state index in [0.717, 1.165) is 18.9 Å². The second kappa shape index (κ2) is 8.81. The molecule has 1 aliphatic rings. The predicted octanol–water partition coefficient (Wildman–Crippen LogP) is 3.48. The van der Waals surface area contributed by atoms with Crippen molar-refractivity contribution in [3.05, 3.63) is 47.2 Å². The summed E-state index contributed by atoms with van der Waals surface area (Å²) >= 11 is 0. The van der Waals surface area contributed by atoms with Gasteiger partial charge in [0.2, 0.25) is 5.91 Å². The maximum atomic E-state index is 13.2. The number of phenols is 1. The van der Waals surface area contributed by atoms with Crippen molar-refractivity contribution in [3.8, 4) is 5.75 Å². The Morgan fingerprint density at radius 1 is 1.27 bits per heavy atom. The number of aromatic nitrogens is 1. The van der Waals surface area contributed by atoms with Crippen LogP contribution < -0.4 is 16.0 Å². The van der Waals surface area contributed by atoms with Gasteiger partial charge in [0.15, 0.2) is 0 Å². The summed E-state index contributed by atoms with van der Waals surface area (Å²) in [5.74, 6) is 0.424. The summed E-state index contributed by atoms with van der Waals surface area (Å²) in [6.45, 7) is 3.44. The maximum absolute atomic E-state index is 13.2. The highest BCUT2D eigenvalue weighted by Gasteiger charge is 2.34. The summed E-state index contributed by atoms with van der Waals surface area (Å²) in [7, 11) is 0. The molecule has 2 aromatic rings. The van der Waals surface area contributed by atoms with Gasteiger partial charge in [-0.3, -0.25) is 4.79 Å². The molecule has 9 heteroatoms. The van der Waals surface area contributed by atoms with Crippen LogP contribution in [0.2, 0.25) is 0 Å². The largest absolute Gasteiger partial charge is 0.506 e. The van der Waals surface area contributed by atoms with Crippen LogP contribution in [0.4, 0.5) is 24.7 Å².